The molecular weight excluding hydrogens is 444 g/mol. The van der Waals surface area contributed by atoms with Gasteiger partial charge in [0, 0.05) is 24.4 Å². The number of thioether (sulfide) groups is 1. The Balaban J connectivity index is 1.79. The molecule has 0 aliphatic carbocycles. The van der Waals surface area contributed by atoms with Crippen LogP contribution < -0.4 is 5.32 Å². The molecule has 1 aliphatic rings. The van der Waals surface area contributed by atoms with Crippen LogP contribution in [0.1, 0.15) is 10.4 Å². The SMILES string of the molecule is C=CCSc1nnc(NC(=O)c2ccc(Cl)c(S(=O)(=O)N3CCOCC3)c2)s1. The number of hydrogen-bond donors (Lipinski definition) is 1. The summed E-state index contributed by atoms with van der Waals surface area (Å²) in [6.45, 7) is 4.76. The number of carbonyl (C=O) groups excluding carboxylic acids is 1. The molecule has 1 aliphatic heterocycles. The van der Waals surface area contributed by atoms with E-state index in [0.29, 0.717) is 28.4 Å². The lowest BCUT2D eigenvalue weighted by Crippen LogP contribution is -2.40. The lowest BCUT2D eigenvalue weighted by atomic mass is 10.2. The second-order valence-electron chi connectivity index (χ2n) is 5.59. The number of aromatic nitrogens is 2. The van der Waals surface area contributed by atoms with Gasteiger partial charge in [0.1, 0.15) is 4.90 Å². The number of sulfonamides is 1. The van der Waals surface area contributed by atoms with E-state index in [2.05, 4.69) is 22.1 Å². The maximum absolute atomic E-state index is 12.9. The van der Waals surface area contributed by atoms with Gasteiger partial charge in [-0.15, -0.1) is 16.8 Å². The maximum atomic E-state index is 12.9. The Labute approximate surface area is 176 Å². The standard InChI is InChI=1S/C16H17ClN4O4S3/c1-2-9-26-16-20-19-15(27-16)18-14(22)11-3-4-12(17)13(10-11)28(23,24)21-5-7-25-8-6-21/h2-4,10H,1,5-9H2,(H,18,19,22). The summed E-state index contributed by atoms with van der Waals surface area (Å²) in [5, 5.41) is 10.9. The van der Waals surface area contributed by atoms with Crippen LogP contribution in [0.2, 0.25) is 5.02 Å². The molecule has 2 heterocycles. The summed E-state index contributed by atoms with van der Waals surface area (Å²) in [5.74, 6) is 0.189. The van der Waals surface area contributed by atoms with Crippen molar-refractivity contribution in [1.29, 1.82) is 0 Å². The monoisotopic (exact) mass is 460 g/mol. The number of nitrogens with zero attached hydrogens (tertiary/aromatic N) is 3. The third kappa shape index (κ3) is 4.91. The molecule has 3 rings (SSSR count). The lowest BCUT2D eigenvalue weighted by Gasteiger charge is -2.26. The van der Waals surface area contributed by atoms with E-state index in [0.717, 1.165) is 0 Å². The Morgan fingerprint density at radius 1 is 1.39 bits per heavy atom. The van der Waals surface area contributed by atoms with E-state index in [1.807, 2.05) is 0 Å². The van der Waals surface area contributed by atoms with Crippen LogP contribution in [-0.4, -0.2) is 60.9 Å². The highest BCUT2D eigenvalue weighted by molar-refractivity contribution is 8.01. The third-order valence-electron chi connectivity index (χ3n) is 3.73. The van der Waals surface area contributed by atoms with Crippen molar-refractivity contribution in [2.24, 2.45) is 0 Å². The number of rotatable bonds is 7. The highest BCUT2D eigenvalue weighted by Gasteiger charge is 2.29. The van der Waals surface area contributed by atoms with Gasteiger partial charge in [0.15, 0.2) is 4.34 Å². The number of ether oxygens (including phenoxy) is 1. The minimum atomic E-state index is -3.82. The topological polar surface area (TPSA) is 101 Å². The van der Waals surface area contributed by atoms with Gasteiger partial charge in [0.2, 0.25) is 15.2 Å². The van der Waals surface area contributed by atoms with Gasteiger partial charge in [-0.25, -0.2) is 8.42 Å². The molecule has 1 amide bonds. The molecule has 0 atom stereocenters. The van der Waals surface area contributed by atoms with Crippen molar-refractivity contribution in [2.75, 3.05) is 37.4 Å². The first-order valence-electron chi connectivity index (χ1n) is 8.18. The van der Waals surface area contributed by atoms with Crippen molar-refractivity contribution < 1.29 is 17.9 Å². The Morgan fingerprint density at radius 2 is 2.14 bits per heavy atom. The van der Waals surface area contributed by atoms with Crippen LogP contribution in [-0.2, 0) is 14.8 Å². The van der Waals surface area contributed by atoms with Crippen molar-refractivity contribution >= 4 is 55.8 Å². The van der Waals surface area contributed by atoms with E-state index in [1.165, 1.54) is 45.6 Å². The van der Waals surface area contributed by atoms with Crippen molar-refractivity contribution in [3.63, 3.8) is 0 Å². The Kier molecular flexibility index (Phi) is 7.07. The molecular formula is C16H17ClN4O4S3. The maximum Gasteiger partial charge on any atom is 0.257 e. The first-order chi connectivity index (χ1) is 13.4. The molecule has 0 saturated carbocycles. The predicted molar refractivity (Wildman–Crippen MR) is 110 cm³/mol. The number of nitrogens with one attached hydrogen (secondary N) is 1. The van der Waals surface area contributed by atoms with E-state index in [1.54, 1.807) is 6.08 Å². The summed E-state index contributed by atoms with van der Waals surface area (Å²) < 4.78 is 32.9. The van der Waals surface area contributed by atoms with Crippen molar-refractivity contribution in [3.8, 4) is 0 Å². The van der Waals surface area contributed by atoms with E-state index >= 15 is 0 Å². The normalized spacial score (nSPS) is 15.3. The van der Waals surface area contributed by atoms with E-state index < -0.39 is 15.9 Å². The molecule has 0 spiro atoms. The zero-order valence-corrected chi connectivity index (χ0v) is 17.8. The van der Waals surface area contributed by atoms with Gasteiger partial charge < -0.3 is 4.74 Å². The second kappa shape index (κ2) is 9.33. The zero-order valence-electron chi connectivity index (χ0n) is 14.6. The molecule has 28 heavy (non-hydrogen) atoms. The second-order valence-corrected chi connectivity index (χ2v) is 10.1. The van der Waals surface area contributed by atoms with Crippen LogP contribution >= 0.6 is 34.7 Å². The van der Waals surface area contributed by atoms with Gasteiger partial charge in [0.25, 0.3) is 5.91 Å². The summed E-state index contributed by atoms with van der Waals surface area (Å²) >= 11 is 8.79. The molecule has 1 saturated heterocycles. The fourth-order valence-electron chi connectivity index (χ4n) is 2.39. The quantitative estimate of drug-likeness (QED) is 0.385. The number of benzene rings is 1. The van der Waals surface area contributed by atoms with E-state index in [9.17, 15) is 13.2 Å². The van der Waals surface area contributed by atoms with Crippen LogP contribution in [0.3, 0.4) is 0 Å². The molecule has 150 valence electrons. The summed E-state index contributed by atoms with van der Waals surface area (Å²) in [6, 6.07) is 4.14. The Bertz CT molecular complexity index is 974. The molecule has 12 heteroatoms. The van der Waals surface area contributed by atoms with Gasteiger partial charge in [-0.2, -0.15) is 4.31 Å². The average Bonchev–Trinajstić information content (AvgIpc) is 3.14. The predicted octanol–water partition coefficient (Wildman–Crippen LogP) is 2.74. The molecule has 2 aromatic rings. The molecule has 1 N–H and O–H groups in total. The van der Waals surface area contributed by atoms with Gasteiger partial charge in [-0.3, -0.25) is 10.1 Å². The number of hydrogen-bond acceptors (Lipinski definition) is 8. The van der Waals surface area contributed by atoms with Crippen LogP contribution in [0.5, 0.6) is 0 Å². The molecule has 0 bridgehead atoms. The summed E-state index contributed by atoms with van der Waals surface area (Å²) in [4.78, 5) is 12.4. The number of morpholine rings is 1. The zero-order chi connectivity index (χ0) is 20.1. The summed E-state index contributed by atoms with van der Waals surface area (Å²) in [6.07, 6.45) is 1.74. The molecule has 8 nitrogen and oxygen atoms in total. The largest absolute Gasteiger partial charge is 0.379 e. The van der Waals surface area contributed by atoms with Crippen LogP contribution in [0.15, 0.2) is 40.1 Å². The minimum absolute atomic E-state index is 0.0575. The molecule has 0 unspecified atom stereocenters. The Morgan fingerprint density at radius 3 is 2.86 bits per heavy atom. The van der Waals surface area contributed by atoms with Crippen molar-refractivity contribution in [3.05, 3.63) is 41.4 Å². The number of anilines is 1. The van der Waals surface area contributed by atoms with Gasteiger partial charge in [0.05, 0.1) is 18.2 Å². The van der Waals surface area contributed by atoms with Crippen molar-refractivity contribution in [2.45, 2.75) is 9.24 Å². The highest BCUT2D eigenvalue weighted by atomic mass is 35.5. The number of halogens is 1. The first kappa shape index (κ1) is 21.2. The molecule has 1 aromatic carbocycles. The van der Waals surface area contributed by atoms with E-state index in [4.69, 9.17) is 16.3 Å². The minimum Gasteiger partial charge on any atom is -0.379 e. The lowest BCUT2D eigenvalue weighted by molar-refractivity contribution is 0.0730. The van der Waals surface area contributed by atoms with E-state index in [-0.39, 0.29) is 28.6 Å². The van der Waals surface area contributed by atoms with Crippen LogP contribution in [0.4, 0.5) is 5.13 Å². The third-order valence-corrected chi connectivity index (χ3v) is 8.08. The molecule has 1 fully saturated rings. The smallest absolute Gasteiger partial charge is 0.257 e. The van der Waals surface area contributed by atoms with Crippen LogP contribution in [0.25, 0.3) is 0 Å². The molecule has 1 aromatic heterocycles. The van der Waals surface area contributed by atoms with Gasteiger partial charge in [-0.1, -0.05) is 40.8 Å². The van der Waals surface area contributed by atoms with Gasteiger partial charge >= 0.3 is 0 Å². The first-order valence-corrected chi connectivity index (χ1v) is 11.8. The molecule has 0 radical (unpaired) electrons. The van der Waals surface area contributed by atoms with Crippen molar-refractivity contribution in [1.82, 2.24) is 14.5 Å². The van der Waals surface area contributed by atoms with Crippen LogP contribution in [0, 0.1) is 0 Å². The fourth-order valence-corrected chi connectivity index (χ4v) is 5.80. The highest BCUT2D eigenvalue weighted by Crippen LogP contribution is 2.28. The fraction of sp³-hybridized carbons (Fsp3) is 0.312. The Hall–Kier alpha value is -1.50. The summed E-state index contributed by atoms with van der Waals surface area (Å²) in [5.41, 5.74) is 0.159. The number of amides is 1. The average molecular weight is 461 g/mol. The summed E-state index contributed by atoms with van der Waals surface area (Å²) in [7, 11) is -3.82. The number of carbonyl (C=O) groups is 1. The van der Waals surface area contributed by atoms with Gasteiger partial charge in [-0.05, 0) is 18.2 Å².